The van der Waals surface area contributed by atoms with Gasteiger partial charge in [-0.05, 0) is 18.6 Å². The van der Waals surface area contributed by atoms with Crippen molar-refractivity contribution in [3.05, 3.63) is 29.8 Å². The molecule has 3 N–H and O–H groups in total. The third-order valence-electron chi connectivity index (χ3n) is 1.64. The fourth-order valence-corrected chi connectivity index (χ4v) is 1.89. The fraction of sp³-hybridized carbons (Fsp3) is 0.400. The highest BCUT2D eigenvalue weighted by molar-refractivity contribution is 7.99. The number of methoxy groups -OCH3 is 1. The first-order valence-electron chi connectivity index (χ1n) is 4.02. The molecule has 0 bridgehead atoms. The summed E-state index contributed by atoms with van der Waals surface area (Å²) in [5.74, 6) is 1.03. The third-order valence-corrected chi connectivity index (χ3v) is 2.78. The molecule has 0 heterocycles. The molecule has 0 amide bonds. The number of aryl methyl sites for hydroxylation is 1. The van der Waals surface area contributed by atoms with Gasteiger partial charge in [0.25, 0.3) is 0 Å². The second-order valence-electron chi connectivity index (χ2n) is 2.61. The number of thioether (sulfide) groups is 1. The van der Waals surface area contributed by atoms with Crippen molar-refractivity contribution < 1.29 is 4.74 Å². The summed E-state index contributed by atoms with van der Waals surface area (Å²) < 4.78 is 4.98. The van der Waals surface area contributed by atoms with Gasteiger partial charge >= 0.3 is 0 Å². The predicted molar refractivity (Wildman–Crippen MR) is 58.8 cm³/mol. The third kappa shape index (κ3) is 4.31. The minimum absolute atomic E-state index is 0. The van der Waals surface area contributed by atoms with Crippen molar-refractivity contribution >= 4 is 11.8 Å². The zero-order valence-corrected chi connectivity index (χ0v) is 9.06. The van der Waals surface area contributed by atoms with Crippen LogP contribution in [0.15, 0.2) is 29.2 Å². The molecule has 0 radical (unpaired) electrons. The molecule has 3 heteroatoms. The summed E-state index contributed by atoms with van der Waals surface area (Å²) in [6.07, 6.45) is 0. The van der Waals surface area contributed by atoms with Crippen LogP contribution >= 0.6 is 11.8 Å². The lowest BCUT2D eigenvalue weighted by Gasteiger charge is -2.03. The Hall–Kier alpha value is -0.510. The summed E-state index contributed by atoms with van der Waals surface area (Å²) in [7, 11) is 1.73. The van der Waals surface area contributed by atoms with Crippen molar-refractivity contribution in [2.24, 2.45) is 0 Å². The Morgan fingerprint density at radius 2 is 2.00 bits per heavy atom. The first-order chi connectivity index (χ1) is 5.84. The van der Waals surface area contributed by atoms with Crippen LogP contribution in [0.25, 0.3) is 0 Å². The summed E-state index contributed by atoms with van der Waals surface area (Å²) in [6, 6.07) is 8.42. The Kier molecular flexibility index (Phi) is 6.68. The predicted octanol–water partition coefficient (Wildman–Crippen LogP) is 2.90. The van der Waals surface area contributed by atoms with E-state index in [4.69, 9.17) is 4.74 Å². The van der Waals surface area contributed by atoms with Crippen LogP contribution in [0.2, 0.25) is 0 Å². The number of rotatable bonds is 4. The van der Waals surface area contributed by atoms with Crippen LogP contribution < -0.4 is 6.15 Å². The summed E-state index contributed by atoms with van der Waals surface area (Å²) >= 11 is 1.85. The molecule has 0 aliphatic rings. The van der Waals surface area contributed by atoms with E-state index >= 15 is 0 Å². The van der Waals surface area contributed by atoms with Gasteiger partial charge in [0.1, 0.15) is 0 Å². The van der Waals surface area contributed by atoms with E-state index in [-0.39, 0.29) is 6.15 Å². The van der Waals surface area contributed by atoms with E-state index < -0.39 is 0 Å². The van der Waals surface area contributed by atoms with Gasteiger partial charge in [-0.2, -0.15) is 0 Å². The number of hydrogen-bond acceptors (Lipinski definition) is 3. The van der Waals surface area contributed by atoms with Gasteiger partial charge in [-0.3, -0.25) is 0 Å². The highest BCUT2D eigenvalue weighted by atomic mass is 32.2. The molecule has 13 heavy (non-hydrogen) atoms. The molecule has 0 aliphatic carbocycles. The molecule has 0 atom stereocenters. The Bertz CT molecular complexity index is 240. The maximum atomic E-state index is 4.98. The van der Waals surface area contributed by atoms with Gasteiger partial charge in [0.05, 0.1) is 6.61 Å². The molecule has 0 aromatic heterocycles. The topological polar surface area (TPSA) is 44.2 Å². The zero-order chi connectivity index (χ0) is 8.81. The Balaban J connectivity index is 0.00000144. The quantitative estimate of drug-likeness (QED) is 0.599. The SMILES string of the molecule is COCCSc1ccccc1C.N. The number of benzene rings is 1. The maximum Gasteiger partial charge on any atom is 0.0556 e. The Morgan fingerprint density at radius 1 is 1.31 bits per heavy atom. The number of ether oxygens (including phenoxy) is 1. The molecule has 1 aromatic rings. The van der Waals surface area contributed by atoms with E-state index in [0.717, 1.165) is 12.4 Å². The van der Waals surface area contributed by atoms with Crippen LogP contribution in [-0.4, -0.2) is 19.5 Å². The maximum absolute atomic E-state index is 4.98. The summed E-state index contributed by atoms with van der Waals surface area (Å²) in [6.45, 7) is 2.95. The van der Waals surface area contributed by atoms with Gasteiger partial charge in [0.2, 0.25) is 0 Å². The van der Waals surface area contributed by atoms with Crippen molar-refractivity contribution in [1.29, 1.82) is 0 Å². The van der Waals surface area contributed by atoms with Gasteiger partial charge < -0.3 is 10.9 Å². The molecule has 0 saturated carbocycles. The van der Waals surface area contributed by atoms with Gasteiger partial charge in [0, 0.05) is 17.8 Å². The van der Waals surface area contributed by atoms with Crippen molar-refractivity contribution in [1.82, 2.24) is 6.15 Å². The van der Waals surface area contributed by atoms with E-state index in [1.165, 1.54) is 10.5 Å². The van der Waals surface area contributed by atoms with Crippen LogP contribution in [0.3, 0.4) is 0 Å². The first kappa shape index (κ1) is 12.5. The molecule has 2 nitrogen and oxygen atoms in total. The van der Waals surface area contributed by atoms with Crippen LogP contribution in [-0.2, 0) is 4.74 Å². The van der Waals surface area contributed by atoms with Crippen molar-refractivity contribution in [3.63, 3.8) is 0 Å². The normalized spacial score (nSPS) is 9.38. The van der Waals surface area contributed by atoms with E-state index in [1.807, 2.05) is 11.8 Å². The van der Waals surface area contributed by atoms with E-state index in [2.05, 4.69) is 31.2 Å². The molecule has 0 saturated heterocycles. The fourth-order valence-electron chi connectivity index (χ4n) is 0.953. The average molecular weight is 199 g/mol. The van der Waals surface area contributed by atoms with Crippen molar-refractivity contribution in [2.45, 2.75) is 11.8 Å². The molecule has 0 unspecified atom stereocenters. The second-order valence-corrected chi connectivity index (χ2v) is 3.74. The van der Waals surface area contributed by atoms with Crippen LogP contribution in [0, 0.1) is 6.92 Å². The molecular weight excluding hydrogens is 182 g/mol. The zero-order valence-electron chi connectivity index (χ0n) is 8.25. The van der Waals surface area contributed by atoms with E-state index in [0.29, 0.717) is 0 Å². The van der Waals surface area contributed by atoms with Gasteiger partial charge in [0.15, 0.2) is 0 Å². The Labute approximate surface area is 84.3 Å². The molecule has 1 rings (SSSR count). The van der Waals surface area contributed by atoms with Crippen LogP contribution in [0.4, 0.5) is 0 Å². The van der Waals surface area contributed by atoms with Crippen molar-refractivity contribution in [3.8, 4) is 0 Å². The number of hydrogen-bond donors (Lipinski definition) is 1. The molecule has 0 aliphatic heterocycles. The lowest BCUT2D eigenvalue weighted by molar-refractivity contribution is 0.218. The summed E-state index contributed by atoms with van der Waals surface area (Å²) in [5.41, 5.74) is 1.35. The standard InChI is InChI=1S/C10H14OS.H3N/c1-9-5-3-4-6-10(9)12-8-7-11-2;/h3-6H,7-8H2,1-2H3;1H3. The Morgan fingerprint density at radius 3 is 2.62 bits per heavy atom. The van der Waals surface area contributed by atoms with E-state index in [9.17, 15) is 0 Å². The average Bonchev–Trinajstić information content (AvgIpc) is 2.09. The lowest BCUT2D eigenvalue weighted by Crippen LogP contribution is -1.91. The smallest absolute Gasteiger partial charge is 0.0556 e. The summed E-state index contributed by atoms with van der Waals surface area (Å²) in [5, 5.41) is 0. The first-order valence-corrected chi connectivity index (χ1v) is 5.00. The van der Waals surface area contributed by atoms with Gasteiger partial charge in [-0.15, -0.1) is 11.8 Å². The molecule has 0 fully saturated rings. The van der Waals surface area contributed by atoms with Crippen LogP contribution in [0.5, 0.6) is 0 Å². The molecule has 74 valence electrons. The highest BCUT2D eigenvalue weighted by Crippen LogP contribution is 2.20. The van der Waals surface area contributed by atoms with Gasteiger partial charge in [-0.1, -0.05) is 18.2 Å². The van der Waals surface area contributed by atoms with Gasteiger partial charge in [-0.25, -0.2) is 0 Å². The largest absolute Gasteiger partial charge is 0.384 e. The lowest BCUT2D eigenvalue weighted by atomic mass is 10.2. The minimum Gasteiger partial charge on any atom is -0.384 e. The molecule has 0 spiro atoms. The monoisotopic (exact) mass is 199 g/mol. The highest BCUT2D eigenvalue weighted by Gasteiger charge is 1.95. The summed E-state index contributed by atoms with van der Waals surface area (Å²) in [4.78, 5) is 1.36. The van der Waals surface area contributed by atoms with E-state index in [1.54, 1.807) is 7.11 Å². The van der Waals surface area contributed by atoms with Crippen molar-refractivity contribution in [2.75, 3.05) is 19.5 Å². The molecular formula is C10H17NOS. The second kappa shape index (κ2) is 6.95. The minimum atomic E-state index is 0. The molecule has 1 aromatic carbocycles. The van der Waals surface area contributed by atoms with Crippen LogP contribution in [0.1, 0.15) is 5.56 Å².